The van der Waals surface area contributed by atoms with Crippen molar-refractivity contribution in [3.8, 4) is 5.75 Å². The molecule has 0 unspecified atom stereocenters. The van der Waals surface area contributed by atoms with Gasteiger partial charge < -0.3 is 15.4 Å². The lowest BCUT2D eigenvalue weighted by molar-refractivity contribution is 0.102. The maximum Gasteiger partial charge on any atom is 0.274 e. The highest BCUT2D eigenvalue weighted by atomic mass is 35.5. The van der Waals surface area contributed by atoms with Gasteiger partial charge in [0.15, 0.2) is 0 Å². The Bertz CT molecular complexity index is 950. The fraction of sp³-hybridized carbons (Fsp3) is 0.0556. The van der Waals surface area contributed by atoms with Crippen molar-refractivity contribution in [3.63, 3.8) is 0 Å². The van der Waals surface area contributed by atoms with E-state index in [1.165, 1.54) is 12.3 Å². The largest absolute Gasteiger partial charge is 0.495 e. The number of nitrogens with zero attached hydrogens (tertiary/aromatic N) is 2. The molecule has 8 heteroatoms. The fourth-order valence-corrected chi connectivity index (χ4v) is 2.55. The lowest BCUT2D eigenvalue weighted by atomic mass is 10.3. The molecule has 0 aliphatic heterocycles. The van der Waals surface area contributed by atoms with Gasteiger partial charge in [-0.1, -0.05) is 41.4 Å². The number of carbonyl (C=O) groups excluding carboxylic acids is 1. The standard InChI is InChI=1S/C18H14Cl2N4O2/c1-26-15-8-3-2-6-12(15)23-18-21-10-9-14(24-18)17(25)22-13-7-4-5-11(19)16(13)20/h2-10H,1H3,(H,22,25)(H,21,23,24). The van der Waals surface area contributed by atoms with Crippen LogP contribution in [0.15, 0.2) is 54.7 Å². The molecule has 1 amide bonds. The molecule has 1 heterocycles. The summed E-state index contributed by atoms with van der Waals surface area (Å²) >= 11 is 12.0. The number of para-hydroxylation sites is 2. The molecule has 3 rings (SSSR count). The van der Waals surface area contributed by atoms with Crippen LogP contribution < -0.4 is 15.4 Å². The Morgan fingerprint density at radius 3 is 2.62 bits per heavy atom. The minimum absolute atomic E-state index is 0.174. The summed E-state index contributed by atoms with van der Waals surface area (Å²) in [6.07, 6.45) is 1.49. The number of nitrogens with one attached hydrogen (secondary N) is 2. The third kappa shape index (κ3) is 4.04. The topological polar surface area (TPSA) is 76.1 Å². The molecule has 0 bridgehead atoms. The number of rotatable bonds is 5. The van der Waals surface area contributed by atoms with Gasteiger partial charge in [0.25, 0.3) is 5.91 Å². The maximum absolute atomic E-state index is 12.4. The molecule has 0 aliphatic rings. The van der Waals surface area contributed by atoms with Crippen LogP contribution in [0.3, 0.4) is 0 Å². The van der Waals surface area contributed by atoms with Crippen molar-refractivity contribution >= 4 is 46.4 Å². The van der Waals surface area contributed by atoms with Gasteiger partial charge in [-0.3, -0.25) is 4.79 Å². The lowest BCUT2D eigenvalue weighted by Gasteiger charge is -2.11. The minimum atomic E-state index is -0.431. The van der Waals surface area contributed by atoms with Crippen LogP contribution in [0.1, 0.15) is 10.5 Å². The highest BCUT2D eigenvalue weighted by molar-refractivity contribution is 6.44. The van der Waals surface area contributed by atoms with Gasteiger partial charge in [-0.05, 0) is 30.3 Å². The quantitative estimate of drug-likeness (QED) is 0.656. The van der Waals surface area contributed by atoms with Crippen molar-refractivity contribution in [2.24, 2.45) is 0 Å². The van der Waals surface area contributed by atoms with E-state index in [4.69, 9.17) is 27.9 Å². The van der Waals surface area contributed by atoms with Gasteiger partial charge in [0.2, 0.25) is 5.95 Å². The van der Waals surface area contributed by atoms with Crippen molar-refractivity contribution in [2.45, 2.75) is 0 Å². The number of anilines is 3. The first-order valence-electron chi connectivity index (χ1n) is 7.57. The Balaban J connectivity index is 1.80. The van der Waals surface area contributed by atoms with E-state index in [-0.39, 0.29) is 16.7 Å². The van der Waals surface area contributed by atoms with Crippen LogP contribution in [0.4, 0.5) is 17.3 Å². The SMILES string of the molecule is COc1ccccc1Nc1nccc(C(=O)Nc2cccc(Cl)c2Cl)n1. The Kier molecular flexibility index (Phi) is 5.55. The van der Waals surface area contributed by atoms with E-state index < -0.39 is 5.91 Å². The van der Waals surface area contributed by atoms with Crippen LogP contribution in [0.25, 0.3) is 0 Å². The van der Waals surface area contributed by atoms with Crippen LogP contribution in [-0.2, 0) is 0 Å². The Morgan fingerprint density at radius 1 is 1.04 bits per heavy atom. The number of hydrogen-bond acceptors (Lipinski definition) is 5. The van der Waals surface area contributed by atoms with Crippen molar-refractivity contribution in [1.82, 2.24) is 9.97 Å². The molecule has 26 heavy (non-hydrogen) atoms. The number of amides is 1. The van der Waals surface area contributed by atoms with E-state index in [1.807, 2.05) is 18.2 Å². The monoisotopic (exact) mass is 388 g/mol. The first-order valence-corrected chi connectivity index (χ1v) is 8.32. The fourth-order valence-electron chi connectivity index (χ4n) is 2.20. The van der Waals surface area contributed by atoms with Crippen molar-refractivity contribution < 1.29 is 9.53 Å². The molecule has 0 radical (unpaired) electrons. The van der Waals surface area contributed by atoms with Crippen molar-refractivity contribution in [1.29, 1.82) is 0 Å². The number of carbonyl (C=O) groups is 1. The summed E-state index contributed by atoms with van der Waals surface area (Å²) in [5, 5.41) is 6.33. The Labute approximate surface area is 160 Å². The Morgan fingerprint density at radius 2 is 1.81 bits per heavy atom. The summed E-state index contributed by atoms with van der Waals surface area (Å²) in [5.74, 6) is 0.468. The molecular weight excluding hydrogens is 375 g/mol. The second-order valence-corrected chi connectivity index (χ2v) is 5.93. The zero-order valence-electron chi connectivity index (χ0n) is 13.7. The zero-order valence-corrected chi connectivity index (χ0v) is 15.2. The van der Waals surface area contributed by atoms with Gasteiger partial charge in [-0.15, -0.1) is 0 Å². The second-order valence-electron chi connectivity index (χ2n) is 5.15. The minimum Gasteiger partial charge on any atom is -0.495 e. The molecule has 2 N–H and O–H groups in total. The van der Waals surface area contributed by atoms with E-state index in [0.29, 0.717) is 22.1 Å². The summed E-state index contributed by atoms with van der Waals surface area (Å²) in [7, 11) is 1.57. The van der Waals surface area contributed by atoms with E-state index in [9.17, 15) is 4.79 Å². The molecule has 132 valence electrons. The van der Waals surface area contributed by atoms with Gasteiger partial charge in [0.05, 0.1) is 28.5 Å². The van der Waals surface area contributed by atoms with Gasteiger partial charge in [-0.25, -0.2) is 9.97 Å². The van der Waals surface area contributed by atoms with Gasteiger partial charge >= 0.3 is 0 Å². The van der Waals surface area contributed by atoms with Crippen LogP contribution >= 0.6 is 23.2 Å². The number of methoxy groups -OCH3 is 1. The normalized spacial score (nSPS) is 10.3. The molecule has 0 spiro atoms. The predicted octanol–water partition coefficient (Wildman–Crippen LogP) is 4.79. The van der Waals surface area contributed by atoms with E-state index in [2.05, 4.69) is 20.6 Å². The average molecular weight is 389 g/mol. The Hall–Kier alpha value is -2.83. The summed E-state index contributed by atoms with van der Waals surface area (Å²) in [5.41, 5.74) is 1.26. The summed E-state index contributed by atoms with van der Waals surface area (Å²) in [6.45, 7) is 0. The average Bonchev–Trinajstić information content (AvgIpc) is 2.66. The van der Waals surface area contributed by atoms with Gasteiger partial charge in [-0.2, -0.15) is 0 Å². The number of aromatic nitrogens is 2. The number of hydrogen-bond donors (Lipinski definition) is 2. The molecule has 6 nitrogen and oxygen atoms in total. The highest BCUT2D eigenvalue weighted by Gasteiger charge is 2.13. The van der Waals surface area contributed by atoms with Gasteiger partial charge in [0, 0.05) is 6.20 Å². The van der Waals surface area contributed by atoms with Crippen LogP contribution in [0, 0.1) is 0 Å². The number of halogens is 2. The third-order valence-electron chi connectivity index (χ3n) is 3.44. The molecule has 0 saturated heterocycles. The first kappa shape index (κ1) is 18.0. The molecule has 1 aromatic heterocycles. The third-order valence-corrected chi connectivity index (χ3v) is 4.26. The highest BCUT2D eigenvalue weighted by Crippen LogP contribution is 2.30. The molecular formula is C18H14Cl2N4O2. The van der Waals surface area contributed by atoms with E-state index in [1.54, 1.807) is 31.4 Å². The van der Waals surface area contributed by atoms with Crippen molar-refractivity contribution in [3.05, 3.63) is 70.5 Å². The molecule has 0 fully saturated rings. The lowest BCUT2D eigenvalue weighted by Crippen LogP contribution is -2.15. The smallest absolute Gasteiger partial charge is 0.274 e. The predicted molar refractivity (Wildman–Crippen MR) is 103 cm³/mol. The second kappa shape index (κ2) is 8.03. The van der Waals surface area contributed by atoms with E-state index >= 15 is 0 Å². The van der Waals surface area contributed by atoms with Crippen molar-refractivity contribution in [2.75, 3.05) is 17.7 Å². The zero-order chi connectivity index (χ0) is 18.5. The van der Waals surface area contributed by atoms with Crippen LogP contribution in [0.5, 0.6) is 5.75 Å². The number of ether oxygens (including phenoxy) is 1. The van der Waals surface area contributed by atoms with E-state index in [0.717, 1.165) is 0 Å². The molecule has 0 atom stereocenters. The molecule has 0 aliphatic carbocycles. The summed E-state index contributed by atoms with van der Waals surface area (Å²) in [6, 6.07) is 13.8. The summed E-state index contributed by atoms with van der Waals surface area (Å²) < 4.78 is 5.27. The molecule has 3 aromatic rings. The van der Waals surface area contributed by atoms with Gasteiger partial charge in [0.1, 0.15) is 11.4 Å². The van der Waals surface area contributed by atoms with Crippen LogP contribution in [-0.4, -0.2) is 23.0 Å². The molecule has 0 saturated carbocycles. The maximum atomic E-state index is 12.4. The number of benzene rings is 2. The van der Waals surface area contributed by atoms with Crippen LogP contribution in [0.2, 0.25) is 10.0 Å². The summed E-state index contributed by atoms with van der Waals surface area (Å²) in [4.78, 5) is 20.8. The first-order chi connectivity index (χ1) is 12.6. The molecule has 2 aromatic carbocycles.